The van der Waals surface area contributed by atoms with Crippen molar-refractivity contribution >= 4 is 49.6 Å². The van der Waals surface area contributed by atoms with Crippen LogP contribution in [0.2, 0.25) is 0 Å². The first-order valence-corrected chi connectivity index (χ1v) is 15.9. The lowest BCUT2D eigenvalue weighted by Gasteiger charge is -2.31. The van der Waals surface area contributed by atoms with Gasteiger partial charge in [-0.1, -0.05) is 0 Å². The maximum Gasteiger partial charge on any atom is 0.280 e. The molecular weight excluding hydrogens is 632 g/mol. The lowest BCUT2D eigenvalue weighted by Crippen LogP contribution is -2.36. The van der Waals surface area contributed by atoms with Gasteiger partial charge in [0, 0.05) is 12.6 Å². The van der Waals surface area contributed by atoms with Gasteiger partial charge in [0.1, 0.15) is 48.4 Å². The second-order valence-electron chi connectivity index (χ2n) is 10.1. The molecule has 2 bridgehead atoms. The molecule has 0 radical (unpaired) electrons. The van der Waals surface area contributed by atoms with Gasteiger partial charge in [0.2, 0.25) is 5.95 Å². The van der Waals surface area contributed by atoms with Gasteiger partial charge in [-0.05, 0) is 6.07 Å². The minimum absolute atomic E-state index is 0.0858. The topological polar surface area (TPSA) is 302 Å². The molecule has 2 unspecified atom stereocenters. The Labute approximate surface area is 244 Å². The van der Waals surface area contributed by atoms with Crippen molar-refractivity contribution in [3.8, 4) is 0 Å². The molecule has 44 heavy (non-hydrogen) atoms. The van der Waals surface area contributed by atoms with Crippen molar-refractivity contribution in [2.24, 2.45) is 0 Å². The zero-order valence-electron chi connectivity index (χ0n) is 22.1. The van der Waals surface area contributed by atoms with Crippen molar-refractivity contribution in [2.75, 3.05) is 24.7 Å². The minimum atomic E-state index is -5.27. The third-order valence-corrected chi connectivity index (χ3v) is 9.34. The van der Waals surface area contributed by atoms with E-state index in [2.05, 4.69) is 24.9 Å². The Hall–Kier alpha value is -3.33. The number of nitrogen functional groups attached to an aromatic ring is 2. The van der Waals surface area contributed by atoms with Gasteiger partial charge >= 0.3 is 0 Å². The van der Waals surface area contributed by atoms with Crippen molar-refractivity contribution in [1.82, 2.24) is 34.1 Å². The number of anilines is 2. The summed E-state index contributed by atoms with van der Waals surface area (Å²) in [7, 11) is -10.4. The maximum absolute atomic E-state index is 13.1. The molecule has 0 spiro atoms. The number of imidazole rings is 1. The standard InChI is InChI=1S/C21H25N9O12P2/c22-16-8-1-2-29(17(8)25-6-24-16)12-3-9-10(39-12)4-37-44(35,36)42-15-14(31)11(5-38-43(33,34)41-9)40-20(15)30-7-26-13-18(30)27-21(23)28-19(13)32/h1-2,6-7,9-12,14-15,20,31H,3-5H2,(H,33,34)(H,35,36)(H2,22,24,25)(H3,23,27,28,32)/p-2/t9-,10+,11+,12+,14+,15+,20+/m0/s1. The molecule has 4 aromatic heterocycles. The van der Waals surface area contributed by atoms with E-state index in [0.717, 1.165) is 10.9 Å². The highest BCUT2D eigenvalue weighted by molar-refractivity contribution is 7.46. The van der Waals surface area contributed by atoms with E-state index >= 15 is 0 Å². The summed E-state index contributed by atoms with van der Waals surface area (Å²) in [5, 5.41) is 11.5. The number of nitrogens with one attached hydrogen (secondary N) is 1. The molecule has 3 aliphatic rings. The third kappa shape index (κ3) is 5.21. The summed E-state index contributed by atoms with van der Waals surface area (Å²) < 4.78 is 61.0. The summed E-state index contributed by atoms with van der Waals surface area (Å²) in [4.78, 5) is 56.6. The predicted molar refractivity (Wildman–Crippen MR) is 140 cm³/mol. The van der Waals surface area contributed by atoms with Crippen molar-refractivity contribution in [1.29, 1.82) is 0 Å². The summed E-state index contributed by atoms with van der Waals surface area (Å²) in [5.41, 5.74) is 10.9. The van der Waals surface area contributed by atoms with E-state index in [4.69, 9.17) is 39.0 Å². The molecule has 3 saturated heterocycles. The highest BCUT2D eigenvalue weighted by atomic mass is 31.2. The summed E-state index contributed by atoms with van der Waals surface area (Å²) in [5.74, 6) is -0.0688. The summed E-state index contributed by atoms with van der Waals surface area (Å²) in [6, 6.07) is 1.64. The lowest BCUT2D eigenvalue weighted by molar-refractivity contribution is -0.239. The normalized spacial score (nSPS) is 36.6. The average molecular weight is 655 g/mol. The van der Waals surface area contributed by atoms with Crippen LogP contribution in [0.5, 0.6) is 0 Å². The number of aromatic nitrogens is 7. The molecule has 6 N–H and O–H groups in total. The smallest absolute Gasteiger partial charge is 0.280 e. The average Bonchev–Trinajstić information content (AvgIpc) is 3.72. The van der Waals surface area contributed by atoms with Crippen molar-refractivity contribution in [3.05, 3.63) is 35.3 Å². The third-order valence-electron chi connectivity index (χ3n) is 7.38. The number of phosphoric acid groups is 2. The van der Waals surface area contributed by atoms with Crippen LogP contribution in [-0.2, 0) is 36.7 Å². The molecular formula is C21H23N9O12P2-2. The Morgan fingerprint density at radius 1 is 0.977 bits per heavy atom. The fraction of sp³-hybridized carbons (Fsp3) is 0.476. The number of nitrogens with two attached hydrogens (primary N) is 2. The van der Waals surface area contributed by atoms with E-state index in [1.807, 2.05) is 0 Å². The highest BCUT2D eigenvalue weighted by Crippen LogP contribution is 2.50. The van der Waals surface area contributed by atoms with E-state index in [-0.39, 0.29) is 29.4 Å². The minimum Gasteiger partial charge on any atom is -0.756 e. The van der Waals surface area contributed by atoms with Crippen LogP contribution in [0.25, 0.3) is 22.2 Å². The Balaban J connectivity index is 1.19. The van der Waals surface area contributed by atoms with Gasteiger partial charge in [-0.25, -0.2) is 15.0 Å². The van der Waals surface area contributed by atoms with Crippen molar-refractivity contribution in [2.45, 2.75) is 49.4 Å². The second kappa shape index (κ2) is 10.6. The first kappa shape index (κ1) is 29.4. The van der Waals surface area contributed by atoms with E-state index in [9.17, 15) is 28.8 Å². The maximum atomic E-state index is 13.1. The van der Waals surface area contributed by atoms with Crippen molar-refractivity contribution in [3.63, 3.8) is 0 Å². The molecule has 0 saturated carbocycles. The van der Waals surface area contributed by atoms with E-state index in [1.54, 1.807) is 16.8 Å². The SMILES string of the molecule is Nc1nc2c(ncn2[C@@H]2O[C@@H]3COP(=O)([O-])O[C@H]4C[C@H](n5ccc6c(N)ncnc65)O[C@@H]4COP(=O)([O-])O[C@@H]2[C@@H]3O)c(=O)[nH]1. The molecule has 3 fully saturated rings. The van der Waals surface area contributed by atoms with E-state index in [1.165, 1.54) is 6.33 Å². The number of fused-ring (bicyclic) bond motifs is 5. The van der Waals surface area contributed by atoms with Crippen molar-refractivity contribution < 1.29 is 51.6 Å². The first-order valence-electron chi connectivity index (χ1n) is 13.0. The highest BCUT2D eigenvalue weighted by Gasteiger charge is 2.49. The molecule has 21 nitrogen and oxygen atoms in total. The zero-order valence-corrected chi connectivity index (χ0v) is 23.9. The van der Waals surface area contributed by atoms with Crippen LogP contribution in [0.1, 0.15) is 18.9 Å². The first-order chi connectivity index (χ1) is 20.9. The number of aromatic amines is 1. The van der Waals surface area contributed by atoms with Gasteiger partial charge < -0.3 is 58.5 Å². The number of hydrogen-bond donors (Lipinski definition) is 4. The Morgan fingerprint density at radius 3 is 2.52 bits per heavy atom. The zero-order chi connectivity index (χ0) is 31.0. The van der Waals surface area contributed by atoms with Crippen LogP contribution in [0.3, 0.4) is 0 Å². The summed E-state index contributed by atoms with van der Waals surface area (Å²) >= 11 is 0. The molecule has 0 amide bonds. The van der Waals surface area contributed by atoms with Gasteiger partial charge in [-0.2, -0.15) is 4.98 Å². The molecule has 0 aliphatic carbocycles. The molecule has 7 heterocycles. The van der Waals surface area contributed by atoms with Crippen LogP contribution in [-0.4, -0.2) is 82.9 Å². The Morgan fingerprint density at radius 2 is 1.73 bits per heavy atom. The second-order valence-corrected chi connectivity index (χ2v) is 12.8. The molecule has 7 rings (SSSR count). The number of nitrogens with zero attached hydrogens (tertiary/aromatic N) is 6. The van der Waals surface area contributed by atoms with Crippen LogP contribution in [0, 0.1) is 0 Å². The quantitative estimate of drug-likeness (QED) is 0.170. The molecule has 9 atom stereocenters. The lowest BCUT2D eigenvalue weighted by atomic mass is 10.1. The molecule has 236 valence electrons. The van der Waals surface area contributed by atoms with Gasteiger partial charge in [0.25, 0.3) is 21.2 Å². The Kier molecular flexibility index (Phi) is 7.11. The number of ether oxygens (including phenoxy) is 2. The number of aliphatic hydroxyl groups is 1. The number of rotatable bonds is 2. The molecule has 4 aromatic rings. The summed E-state index contributed by atoms with van der Waals surface area (Å²) in [6.45, 7) is -1.54. The number of hydrogen-bond acceptors (Lipinski definition) is 18. The van der Waals surface area contributed by atoms with Gasteiger partial charge in [0.05, 0.1) is 31.0 Å². The fourth-order valence-corrected chi connectivity index (χ4v) is 7.24. The van der Waals surface area contributed by atoms with Crippen LogP contribution < -0.4 is 26.8 Å². The predicted octanol–water partition coefficient (Wildman–Crippen LogP) is -1.97. The number of H-pyrrole nitrogens is 1. The monoisotopic (exact) mass is 655 g/mol. The van der Waals surface area contributed by atoms with Gasteiger partial charge in [-0.3, -0.25) is 23.5 Å². The van der Waals surface area contributed by atoms with Crippen LogP contribution >= 0.6 is 15.6 Å². The van der Waals surface area contributed by atoms with Gasteiger partial charge in [-0.15, -0.1) is 0 Å². The fourth-order valence-electron chi connectivity index (χ4n) is 5.38. The van der Waals surface area contributed by atoms with E-state index < -0.39 is 77.4 Å². The summed E-state index contributed by atoms with van der Waals surface area (Å²) in [6.07, 6.45) is -6.02. The molecule has 23 heteroatoms. The van der Waals surface area contributed by atoms with Crippen LogP contribution in [0.4, 0.5) is 11.8 Å². The number of phosphoric ester groups is 2. The van der Waals surface area contributed by atoms with Crippen LogP contribution in [0.15, 0.2) is 29.7 Å². The molecule has 0 aromatic carbocycles. The largest absolute Gasteiger partial charge is 0.756 e. The number of aliphatic hydroxyl groups excluding tert-OH is 1. The van der Waals surface area contributed by atoms with E-state index in [0.29, 0.717) is 11.0 Å². The van der Waals surface area contributed by atoms with Gasteiger partial charge in [0.15, 0.2) is 17.4 Å². The molecule has 3 aliphatic heterocycles. The Bertz CT molecular complexity index is 1900.